The Morgan fingerprint density at radius 1 is 1.33 bits per heavy atom. The van der Waals surface area contributed by atoms with Crippen LogP contribution in [-0.2, 0) is 19.1 Å². The highest BCUT2D eigenvalue weighted by Crippen LogP contribution is 2.36. The minimum Gasteiger partial charge on any atom is -0.497 e. The van der Waals surface area contributed by atoms with E-state index < -0.39 is 29.7 Å². The fourth-order valence-corrected chi connectivity index (χ4v) is 2.34. The molecule has 1 aromatic rings. The lowest BCUT2D eigenvalue weighted by Gasteiger charge is -2.40. The summed E-state index contributed by atoms with van der Waals surface area (Å²) in [5.41, 5.74) is 0.217. The molecule has 0 aliphatic carbocycles. The highest BCUT2D eigenvalue weighted by atomic mass is 16.7. The summed E-state index contributed by atoms with van der Waals surface area (Å²) in [5, 5.41) is 11.0. The van der Waals surface area contributed by atoms with Crippen LogP contribution in [0, 0.1) is 5.41 Å². The number of hydrogen-bond acceptors (Lipinski definition) is 5. The molecule has 2 atom stereocenters. The van der Waals surface area contributed by atoms with Crippen LogP contribution < -0.4 is 10.1 Å². The number of ether oxygens (including phenoxy) is 3. The Balaban J connectivity index is 2.10. The van der Waals surface area contributed by atoms with E-state index in [2.05, 4.69) is 5.32 Å². The van der Waals surface area contributed by atoms with Gasteiger partial charge in [0.05, 0.1) is 13.7 Å². The second kappa shape index (κ2) is 7.46. The smallest absolute Gasteiger partial charge is 0.329 e. The van der Waals surface area contributed by atoms with Crippen molar-refractivity contribution < 1.29 is 28.9 Å². The molecule has 130 valence electrons. The van der Waals surface area contributed by atoms with E-state index in [1.54, 1.807) is 31.4 Å². The fourth-order valence-electron chi connectivity index (χ4n) is 2.34. The van der Waals surface area contributed by atoms with Gasteiger partial charge in [-0.3, -0.25) is 4.79 Å². The maximum atomic E-state index is 12.3. The summed E-state index contributed by atoms with van der Waals surface area (Å²) in [4.78, 5) is 22.8. The van der Waals surface area contributed by atoms with Gasteiger partial charge in [0.15, 0.2) is 6.29 Å². The Hall–Kier alpha value is -2.38. The standard InChI is InChI=1S/C17H21NO6/c1-17(2)10-23-16(11-4-6-12(22-3)7-5-11)24-14(17)15(21)18-9-8-13(19)20/h4-9,14,16H,10H2,1-3H3,(H,18,21)(H,19,20)/b9-8+. The van der Waals surface area contributed by atoms with Crippen LogP contribution in [0.2, 0.25) is 0 Å². The molecule has 1 amide bonds. The van der Waals surface area contributed by atoms with Gasteiger partial charge in [-0.25, -0.2) is 4.79 Å². The third-order valence-corrected chi connectivity index (χ3v) is 3.65. The number of hydrogen-bond donors (Lipinski definition) is 2. The first-order chi connectivity index (χ1) is 11.3. The van der Waals surface area contributed by atoms with Gasteiger partial charge in [-0.05, 0) is 12.1 Å². The third kappa shape index (κ3) is 4.33. The Morgan fingerprint density at radius 3 is 2.58 bits per heavy atom. The number of methoxy groups -OCH3 is 1. The minimum absolute atomic E-state index is 0.324. The van der Waals surface area contributed by atoms with Crippen LogP contribution in [0.1, 0.15) is 25.7 Å². The van der Waals surface area contributed by atoms with Crippen LogP contribution in [-0.4, -0.2) is 36.8 Å². The number of carboxylic acids is 1. The lowest BCUT2D eigenvalue weighted by Crippen LogP contribution is -2.50. The molecule has 1 aliphatic rings. The molecule has 1 aliphatic heterocycles. The maximum absolute atomic E-state index is 12.3. The molecular formula is C17H21NO6. The average molecular weight is 335 g/mol. The van der Waals surface area contributed by atoms with E-state index in [4.69, 9.17) is 19.3 Å². The first kappa shape index (κ1) is 18.0. The van der Waals surface area contributed by atoms with Crippen molar-refractivity contribution in [3.63, 3.8) is 0 Å². The van der Waals surface area contributed by atoms with Crippen molar-refractivity contribution in [2.75, 3.05) is 13.7 Å². The summed E-state index contributed by atoms with van der Waals surface area (Å²) in [6.45, 7) is 4.02. The molecule has 2 rings (SSSR count). The van der Waals surface area contributed by atoms with Gasteiger partial charge in [-0.15, -0.1) is 0 Å². The number of aliphatic carboxylic acids is 1. The fraction of sp³-hybridized carbons (Fsp3) is 0.412. The highest BCUT2D eigenvalue weighted by Gasteiger charge is 2.43. The number of nitrogens with one attached hydrogen (secondary N) is 1. The second-order valence-electron chi connectivity index (χ2n) is 6.10. The Labute approximate surface area is 140 Å². The Kier molecular flexibility index (Phi) is 5.58. The van der Waals surface area contributed by atoms with Gasteiger partial charge >= 0.3 is 5.97 Å². The number of benzene rings is 1. The first-order valence-electron chi connectivity index (χ1n) is 7.44. The average Bonchev–Trinajstić information content (AvgIpc) is 2.54. The van der Waals surface area contributed by atoms with Gasteiger partial charge in [-0.1, -0.05) is 26.0 Å². The monoisotopic (exact) mass is 335 g/mol. The van der Waals surface area contributed by atoms with Crippen LogP contribution in [0.25, 0.3) is 0 Å². The van der Waals surface area contributed by atoms with Gasteiger partial charge in [0.25, 0.3) is 5.91 Å². The second-order valence-corrected chi connectivity index (χ2v) is 6.10. The predicted molar refractivity (Wildman–Crippen MR) is 85.3 cm³/mol. The number of carbonyl (C=O) groups excluding carboxylic acids is 1. The van der Waals surface area contributed by atoms with E-state index in [1.165, 1.54) is 0 Å². The zero-order valence-electron chi connectivity index (χ0n) is 13.8. The molecule has 7 heteroatoms. The van der Waals surface area contributed by atoms with Crippen molar-refractivity contribution in [1.82, 2.24) is 5.32 Å². The van der Waals surface area contributed by atoms with Gasteiger partial charge in [0, 0.05) is 23.3 Å². The Bertz CT molecular complexity index is 622. The van der Waals surface area contributed by atoms with E-state index >= 15 is 0 Å². The predicted octanol–water partition coefficient (Wildman–Crippen LogP) is 1.85. The van der Waals surface area contributed by atoms with Crippen molar-refractivity contribution in [1.29, 1.82) is 0 Å². The molecule has 1 fully saturated rings. The quantitative estimate of drug-likeness (QED) is 0.798. The van der Waals surface area contributed by atoms with Crippen LogP contribution in [0.4, 0.5) is 0 Å². The topological polar surface area (TPSA) is 94.1 Å². The van der Waals surface area contributed by atoms with E-state index in [9.17, 15) is 9.59 Å². The summed E-state index contributed by atoms with van der Waals surface area (Å²) in [7, 11) is 1.58. The number of rotatable bonds is 5. The van der Waals surface area contributed by atoms with E-state index in [0.717, 1.165) is 17.8 Å². The zero-order valence-corrected chi connectivity index (χ0v) is 13.8. The molecule has 1 aromatic carbocycles. The lowest BCUT2D eigenvalue weighted by molar-refractivity contribution is -0.258. The highest BCUT2D eigenvalue weighted by molar-refractivity contribution is 5.85. The van der Waals surface area contributed by atoms with Crippen LogP contribution in [0.15, 0.2) is 36.5 Å². The third-order valence-electron chi connectivity index (χ3n) is 3.65. The molecule has 24 heavy (non-hydrogen) atoms. The van der Waals surface area contributed by atoms with E-state index in [0.29, 0.717) is 12.4 Å². The molecule has 0 aromatic heterocycles. The van der Waals surface area contributed by atoms with E-state index in [1.807, 2.05) is 13.8 Å². The lowest BCUT2D eigenvalue weighted by atomic mass is 9.85. The SMILES string of the molecule is COc1ccc(C2OCC(C)(C)C(C(=O)N/C=C/C(=O)O)O2)cc1. The number of carboxylic acid groups (broad SMARTS) is 1. The minimum atomic E-state index is -1.14. The summed E-state index contributed by atoms with van der Waals surface area (Å²) in [5.74, 6) is -0.846. The molecule has 0 spiro atoms. The van der Waals surface area contributed by atoms with Crippen molar-refractivity contribution in [2.45, 2.75) is 26.2 Å². The van der Waals surface area contributed by atoms with Gasteiger partial charge in [0.2, 0.25) is 0 Å². The molecule has 0 bridgehead atoms. The summed E-state index contributed by atoms with van der Waals surface area (Å²) in [6.07, 6.45) is 0.479. The van der Waals surface area contributed by atoms with Crippen molar-refractivity contribution in [3.05, 3.63) is 42.1 Å². The largest absolute Gasteiger partial charge is 0.497 e. The van der Waals surface area contributed by atoms with Gasteiger partial charge in [-0.2, -0.15) is 0 Å². The zero-order chi connectivity index (χ0) is 17.7. The summed E-state index contributed by atoms with van der Waals surface area (Å²) in [6, 6.07) is 7.18. The molecule has 0 radical (unpaired) electrons. The van der Waals surface area contributed by atoms with Crippen LogP contribution >= 0.6 is 0 Å². The molecule has 7 nitrogen and oxygen atoms in total. The first-order valence-corrected chi connectivity index (χ1v) is 7.44. The number of amides is 1. The summed E-state index contributed by atoms with van der Waals surface area (Å²) >= 11 is 0. The molecule has 2 unspecified atom stereocenters. The van der Waals surface area contributed by atoms with Gasteiger partial charge < -0.3 is 24.6 Å². The number of carbonyl (C=O) groups is 2. The molecular weight excluding hydrogens is 314 g/mol. The molecule has 2 N–H and O–H groups in total. The molecule has 0 saturated carbocycles. The van der Waals surface area contributed by atoms with Crippen LogP contribution in [0.3, 0.4) is 0 Å². The van der Waals surface area contributed by atoms with Crippen molar-refractivity contribution in [3.8, 4) is 5.75 Å². The van der Waals surface area contributed by atoms with Gasteiger partial charge in [0.1, 0.15) is 11.9 Å². The summed E-state index contributed by atoms with van der Waals surface area (Å²) < 4.78 is 16.7. The maximum Gasteiger partial charge on any atom is 0.329 e. The van der Waals surface area contributed by atoms with Crippen LogP contribution in [0.5, 0.6) is 5.75 Å². The van der Waals surface area contributed by atoms with Crippen molar-refractivity contribution in [2.24, 2.45) is 5.41 Å². The van der Waals surface area contributed by atoms with Crippen molar-refractivity contribution >= 4 is 11.9 Å². The van der Waals surface area contributed by atoms with E-state index in [-0.39, 0.29) is 0 Å². The molecule has 1 heterocycles. The normalized spacial score (nSPS) is 23.0. The molecule has 1 saturated heterocycles. The Morgan fingerprint density at radius 2 is 2.00 bits per heavy atom.